The molecule has 1 aromatic heterocycles. The van der Waals surface area contributed by atoms with Crippen molar-refractivity contribution in [1.82, 2.24) is 10.3 Å². The summed E-state index contributed by atoms with van der Waals surface area (Å²) in [6.45, 7) is 2.12. The summed E-state index contributed by atoms with van der Waals surface area (Å²) in [5.41, 5.74) is 2.59. The molecule has 0 atom stereocenters. The van der Waals surface area contributed by atoms with E-state index in [1.165, 1.54) is 11.6 Å². The summed E-state index contributed by atoms with van der Waals surface area (Å²) in [6, 6.07) is 10.9. The Morgan fingerprint density at radius 3 is 2.68 bits per heavy atom. The average Bonchev–Trinajstić information content (AvgIpc) is 2.49. The van der Waals surface area contributed by atoms with Gasteiger partial charge < -0.3 is 5.32 Å². The first-order chi connectivity index (χ1) is 9.34. The van der Waals surface area contributed by atoms with Crippen molar-refractivity contribution in [3.8, 4) is 11.3 Å². The number of piperidine rings is 1. The highest BCUT2D eigenvalue weighted by Crippen LogP contribution is 2.28. The first-order valence-corrected chi connectivity index (χ1v) is 6.76. The molecule has 1 N–H and O–H groups in total. The lowest BCUT2D eigenvalue weighted by Crippen LogP contribution is -2.26. The zero-order chi connectivity index (χ0) is 13.1. The highest BCUT2D eigenvalue weighted by atomic mass is 19.1. The van der Waals surface area contributed by atoms with E-state index in [9.17, 15) is 4.39 Å². The molecule has 0 radical (unpaired) electrons. The number of pyridine rings is 1. The lowest BCUT2D eigenvalue weighted by Gasteiger charge is -2.23. The minimum Gasteiger partial charge on any atom is -0.317 e. The SMILES string of the molecule is Fc1ccccc1-c1cc(C2CCNCC2)ccn1. The number of hydrogen-bond donors (Lipinski definition) is 1. The number of benzene rings is 1. The van der Waals surface area contributed by atoms with E-state index in [2.05, 4.69) is 16.4 Å². The highest BCUT2D eigenvalue weighted by molar-refractivity contribution is 5.60. The molecule has 3 heteroatoms. The van der Waals surface area contributed by atoms with Crippen LogP contribution >= 0.6 is 0 Å². The van der Waals surface area contributed by atoms with Gasteiger partial charge in [0.05, 0.1) is 5.69 Å². The number of rotatable bonds is 2. The van der Waals surface area contributed by atoms with E-state index in [1.807, 2.05) is 12.1 Å². The van der Waals surface area contributed by atoms with Crippen molar-refractivity contribution in [2.45, 2.75) is 18.8 Å². The molecule has 1 aliphatic rings. The van der Waals surface area contributed by atoms with E-state index in [-0.39, 0.29) is 5.82 Å². The predicted octanol–water partition coefficient (Wildman–Crippen LogP) is 3.35. The van der Waals surface area contributed by atoms with E-state index in [0.717, 1.165) is 31.6 Å². The summed E-state index contributed by atoms with van der Waals surface area (Å²) in [7, 11) is 0. The zero-order valence-corrected chi connectivity index (χ0v) is 10.8. The third kappa shape index (κ3) is 2.66. The fourth-order valence-electron chi connectivity index (χ4n) is 2.67. The molecule has 2 heterocycles. The number of nitrogens with one attached hydrogen (secondary N) is 1. The van der Waals surface area contributed by atoms with Gasteiger partial charge in [-0.05, 0) is 61.7 Å². The first-order valence-electron chi connectivity index (χ1n) is 6.76. The van der Waals surface area contributed by atoms with E-state index in [1.54, 1.807) is 18.3 Å². The largest absolute Gasteiger partial charge is 0.317 e. The minimum atomic E-state index is -0.211. The van der Waals surface area contributed by atoms with Crippen LogP contribution in [0.25, 0.3) is 11.3 Å². The second-order valence-corrected chi connectivity index (χ2v) is 4.98. The number of aromatic nitrogens is 1. The topological polar surface area (TPSA) is 24.9 Å². The van der Waals surface area contributed by atoms with Gasteiger partial charge in [0.2, 0.25) is 0 Å². The summed E-state index contributed by atoms with van der Waals surface area (Å²) in [4.78, 5) is 4.31. The van der Waals surface area contributed by atoms with Crippen LogP contribution in [0.4, 0.5) is 4.39 Å². The van der Waals surface area contributed by atoms with Crippen LogP contribution in [-0.2, 0) is 0 Å². The van der Waals surface area contributed by atoms with Crippen LogP contribution in [0, 0.1) is 5.82 Å². The molecule has 1 aliphatic heterocycles. The number of nitrogens with zero attached hydrogens (tertiary/aromatic N) is 1. The van der Waals surface area contributed by atoms with Gasteiger partial charge >= 0.3 is 0 Å². The van der Waals surface area contributed by atoms with Crippen molar-refractivity contribution in [3.63, 3.8) is 0 Å². The standard InChI is InChI=1S/C16H17FN2/c17-15-4-2-1-3-14(15)16-11-13(7-10-19-16)12-5-8-18-9-6-12/h1-4,7,10-12,18H,5-6,8-9H2. The lowest BCUT2D eigenvalue weighted by atomic mass is 9.90. The van der Waals surface area contributed by atoms with Gasteiger partial charge in [-0.3, -0.25) is 4.98 Å². The third-order valence-corrected chi connectivity index (χ3v) is 3.74. The zero-order valence-electron chi connectivity index (χ0n) is 10.8. The second kappa shape index (κ2) is 5.49. The van der Waals surface area contributed by atoms with Gasteiger partial charge in [0, 0.05) is 11.8 Å². The molecule has 3 rings (SSSR count). The van der Waals surface area contributed by atoms with Crippen molar-refractivity contribution in [1.29, 1.82) is 0 Å². The van der Waals surface area contributed by atoms with Crippen molar-refractivity contribution >= 4 is 0 Å². The quantitative estimate of drug-likeness (QED) is 0.891. The van der Waals surface area contributed by atoms with Gasteiger partial charge in [0.25, 0.3) is 0 Å². The fourth-order valence-corrected chi connectivity index (χ4v) is 2.67. The van der Waals surface area contributed by atoms with Crippen LogP contribution in [0.1, 0.15) is 24.3 Å². The maximum Gasteiger partial charge on any atom is 0.132 e. The third-order valence-electron chi connectivity index (χ3n) is 3.74. The molecular weight excluding hydrogens is 239 g/mol. The number of halogens is 1. The van der Waals surface area contributed by atoms with Crippen molar-refractivity contribution in [2.24, 2.45) is 0 Å². The second-order valence-electron chi connectivity index (χ2n) is 4.98. The van der Waals surface area contributed by atoms with Crippen LogP contribution < -0.4 is 5.32 Å². The van der Waals surface area contributed by atoms with Crippen molar-refractivity contribution in [2.75, 3.05) is 13.1 Å². The average molecular weight is 256 g/mol. The van der Waals surface area contributed by atoms with Crippen LogP contribution in [-0.4, -0.2) is 18.1 Å². The van der Waals surface area contributed by atoms with Crippen LogP contribution in [0.5, 0.6) is 0 Å². The molecule has 1 aromatic carbocycles. The van der Waals surface area contributed by atoms with Gasteiger partial charge in [-0.25, -0.2) is 4.39 Å². The summed E-state index contributed by atoms with van der Waals surface area (Å²) in [5.74, 6) is 0.354. The Bertz CT molecular complexity index is 562. The van der Waals surface area contributed by atoms with E-state index in [4.69, 9.17) is 0 Å². The molecule has 1 saturated heterocycles. The van der Waals surface area contributed by atoms with Gasteiger partial charge in [-0.1, -0.05) is 12.1 Å². The Morgan fingerprint density at radius 1 is 1.11 bits per heavy atom. The van der Waals surface area contributed by atoms with Crippen LogP contribution in [0.15, 0.2) is 42.6 Å². The molecule has 0 saturated carbocycles. The smallest absolute Gasteiger partial charge is 0.132 e. The van der Waals surface area contributed by atoms with E-state index in [0.29, 0.717) is 11.5 Å². The fraction of sp³-hybridized carbons (Fsp3) is 0.312. The molecule has 2 aromatic rings. The van der Waals surface area contributed by atoms with Gasteiger partial charge in [-0.15, -0.1) is 0 Å². The maximum atomic E-state index is 13.8. The molecule has 2 nitrogen and oxygen atoms in total. The van der Waals surface area contributed by atoms with Crippen molar-refractivity contribution < 1.29 is 4.39 Å². The van der Waals surface area contributed by atoms with Gasteiger partial charge in [0.15, 0.2) is 0 Å². The monoisotopic (exact) mass is 256 g/mol. The summed E-state index contributed by atoms with van der Waals surface area (Å²) in [5, 5.41) is 3.36. The Kier molecular flexibility index (Phi) is 3.56. The lowest BCUT2D eigenvalue weighted by molar-refractivity contribution is 0.460. The molecule has 0 aliphatic carbocycles. The maximum absolute atomic E-state index is 13.8. The minimum absolute atomic E-state index is 0.211. The molecule has 1 fully saturated rings. The summed E-state index contributed by atoms with van der Waals surface area (Å²) < 4.78 is 13.8. The summed E-state index contributed by atoms with van der Waals surface area (Å²) >= 11 is 0. The van der Waals surface area contributed by atoms with Crippen molar-refractivity contribution in [3.05, 3.63) is 54.0 Å². The highest BCUT2D eigenvalue weighted by Gasteiger charge is 2.16. The van der Waals surface area contributed by atoms with Crippen LogP contribution in [0.2, 0.25) is 0 Å². The molecule has 0 unspecified atom stereocenters. The van der Waals surface area contributed by atoms with Gasteiger partial charge in [-0.2, -0.15) is 0 Å². The van der Waals surface area contributed by atoms with E-state index >= 15 is 0 Å². The number of hydrogen-bond acceptors (Lipinski definition) is 2. The Morgan fingerprint density at radius 2 is 1.89 bits per heavy atom. The molecule has 98 valence electrons. The Hall–Kier alpha value is -1.74. The molecule has 19 heavy (non-hydrogen) atoms. The summed E-state index contributed by atoms with van der Waals surface area (Å²) in [6.07, 6.45) is 4.07. The van der Waals surface area contributed by atoms with Gasteiger partial charge in [0.1, 0.15) is 5.82 Å². The van der Waals surface area contributed by atoms with E-state index < -0.39 is 0 Å². The first kappa shape index (κ1) is 12.3. The molecule has 0 bridgehead atoms. The predicted molar refractivity (Wildman–Crippen MR) is 74.5 cm³/mol. The van der Waals surface area contributed by atoms with Crippen LogP contribution in [0.3, 0.4) is 0 Å². The molecule has 0 amide bonds. The Balaban J connectivity index is 1.93. The molecular formula is C16H17FN2. The normalized spacial score (nSPS) is 16.5. The Labute approximate surface area is 112 Å². The molecule has 0 spiro atoms.